The molecule has 0 saturated carbocycles. The third-order valence-corrected chi connectivity index (χ3v) is 4.23. The molecule has 7 heteroatoms. The van der Waals surface area contributed by atoms with E-state index in [1.165, 1.54) is 4.90 Å². The first-order chi connectivity index (χ1) is 11.3. The van der Waals surface area contributed by atoms with Gasteiger partial charge in [-0.3, -0.25) is 4.79 Å². The fraction of sp³-hybridized carbons (Fsp3) is 0.588. The predicted molar refractivity (Wildman–Crippen MR) is 83.2 cm³/mol. The van der Waals surface area contributed by atoms with Crippen LogP contribution < -0.4 is 9.47 Å². The van der Waals surface area contributed by atoms with Gasteiger partial charge >= 0.3 is 6.18 Å². The molecule has 0 radical (unpaired) electrons. The third-order valence-electron chi connectivity index (χ3n) is 4.23. The summed E-state index contributed by atoms with van der Waals surface area (Å²) in [7, 11) is 3.14. The van der Waals surface area contributed by atoms with Crippen LogP contribution in [-0.2, 0) is 11.2 Å². The van der Waals surface area contributed by atoms with E-state index in [1.54, 1.807) is 14.2 Å². The van der Waals surface area contributed by atoms with Crippen molar-refractivity contribution in [3.05, 3.63) is 23.8 Å². The van der Waals surface area contributed by atoms with Crippen molar-refractivity contribution in [2.24, 2.45) is 5.92 Å². The summed E-state index contributed by atoms with van der Waals surface area (Å²) >= 11 is 0. The fourth-order valence-corrected chi connectivity index (χ4v) is 2.97. The van der Waals surface area contributed by atoms with Crippen LogP contribution in [-0.4, -0.2) is 44.3 Å². The molecule has 1 saturated heterocycles. The van der Waals surface area contributed by atoms with Gasteiger partial charge in [0, 0.05) is 19.5 Å². The van der Waals surface area contributed by atoms with Crippen LogP contribution in [0.15, 0.2) is 18.2 Å². The molecule has 1 aliphatic heterocycles. The first-order valence-corrected chi connectivity index (χ1v) is 7.88. The molecule has 134 valence electrons. The largest absolute Gasteiger partial charge is 0.493 e. The van der Waals surface area contributed by atoms with E-state index >= 15 is 0 Å². The number of halogens is 3. The van der Waals surface area contributed by atoms with Gasteiger partial charge in [-0.15, -0.1) is 0 Å². The molecule has 0 aromatic heterocycles. The van der Waals surface area contributed by atoms with Gasteiger partial charge in [0.25, 0.3) is 0 Å². The van der Waals surface area contributed by atoms with Crippen LogP contribution in [0.1, 0.15) is 24.8 Å². The molecule has 1 atom stereocenters. The molecule has 1 heterocycles. The molecule has 0 spiro atoms. The lowest BCUT2D eigenvalue weighted by molar-refractivity contribution is -0.148. The Hall–Kier alpha value is -1.92. The Morgan fingerprint density at radius 1 is 1.25 bits per heavy atom. The highest BCUT2D eigenvalue weighted by molar-refractivity contribution is 5.76. The Bertz CT molecular complexity index is 575. The highest BCUT2D eigenvalue weighted by Gasteiger charge is 2.31. The molecule has 1 unspecified atom stereocenters. The van der Waals surface area contributed by atoms with Gasteiger partial charge in [-0.05, 0) is 36.5 Å². The number of methoxy groups -OCH3 is 2. The van der Waals surface area contributed by atoms with E-state index in [9.17, 15) is 18.0 Å². The topological polar surface area (TPSA) is 38.8 Å². The number of nitrogens with zero attached hydrogens (tertiary/aromatic N) is 1. The van der Waals surface area contributed by atoms with Crippen molar-refractivity contribution in [2.45, 2.75) is 31.9 Å². The Morgan fingerprint density at radius 2 is 1.96 bits per heavy atom. The number of amides is 1. The zero-order valence-corrected chi connectivity index (χ0v) is 13.9. The van der Waals surface area contributed by atoms with Gasteiger partial charge in [0.05, 0.1) is 20.6 Å². The fourth-order valence-electron chi connectivity index (χ4n) is 2.97. The van der Waals surface area contributed by atoms with Crippen molar-refractivity contribution in [3.63, 3.8) is 0 Å². The second-order valence-electron chi connectivity index (χ2n) is 6.00. The standard InChI is InChI=1S/C17H22F3NO3/c1-23-14-4-3-12(10-15(14)24-2)9-13-6-8-21(11-13)16(22)5-7-17(18,19)20/h3-4,10,13H,5-9,11H2,1-2H3. The molecule has 24 heavy (non-hydrogen) atoms. The van der Waals surface area contributed by atoms with E-state index in [0.29, 0.717) is 24.6 Å². The summed E-state index contributed by atoms with van der Waals surface area (Å²) in [4.78, 5) is 13.4. The Kier molecular flexibility index (Phi) is 5.96. The van der Waals surface area contributed by atoms with E-state index in [-0.39, 0.29) is 5.92 Å². The van der Waals surface area contributed by atoms with Gasteiger partial charge in [-0.25, -0.2) is 0 Å². The molecule has 0 N–H and O–H groups in total. The summed E-state index contributed by atoms with van der Waals surface area (Å²) in [5.74, 6) is 1.13. The molecule has 1 aliphatic rings. The number of carbonyl (C=O) groups is 1. The van der Waals surface area contributed by atoms with Crippen LogP contribution in [0.2, 0.25) is 0 Å². The number of alkyl halides is 3. The summed E-state index contributed by atoms with van der Waals surface area (Å²) in [5.41, 5.74) is 1.06. The third kappa shape index (κ3) is 5.04. The number of ether oxygens (including phenoxy) is 2. The molecular formula is C17H22F3NO3. The van der Waals surface area contributed by atoms with Crippen molar-refractivity contribution in [3.8, 4) is 11.5 Å². The first-order valence-electron chi connectivity index (χ1n) is 7.88. The number of carbonyl (C=O) groups excluding carboxylic acids is 1. The zero-order valence-electron chi connectivity index (χ0n) is 13.9. The summed E-state index contributed by atoms with van der Waals surface area (Å²) < 4.78 is 47.1. The zero-order chi connectivity index (χ0) is 17.7. The lowest BCUT2D eigenvalue weighted by Gasteiger charge is -2.17. The molecule has 1 aromatic carbocycles. The minimum absolute atomic E-state index is 0.248. The number of likely N-dealkylation sites (tertiary alicyclic amines) is 1. The SMILES string of the molecule is COc1ccc(CC2CCN(C(=O)CCC(F)(F)F)C2)cc1OC. The summed E-state index contributed by atoms with van der Waals surface area (Å²) in [5, 5.41) is 0. The normalized spacial score (nSPS) is 17.9. The van der Waals surface area contributed by atoms with Crippen LogP contribution in [0.5, 0.6) is 11.5 Å². The molecule has 0 bridgehead atoms. The van der Waals surface area contributed by atoms with Crippen LogP contribution in [0, 0.1) is 5.92 Å². The second-order valence-corrected chi connectivity index (χ2v) is 6.00. The number of benzene rings is 1. The van der Waals surface area contributed by atoms with E-state index in [4.69, 9.17) is 9.47 Å². The maximum Gasteiger partial charge on any atom is 0.389 e. The molecular weight excluding hydrogens is 323 g/mol. The Labute approximate surface area is 139 Å². The van der Waals surface area contributed by atoms with E-state index in [0.717, 1.165) is 18.4 Å². The molecule has 1 fully saturated rings. The Morgan fingerprint density at radius 3 is 2.58 bits per heavy atom. The average molecular weight is 345 g/mol. The summed E-state index contributed by atoms with van der Waals surface area (Å²) in [6.07, 6.45) is -4.25. The van der Waals surface area contributed by atoms with Crippen molar-refractivity contribution in [1.29, 1.82) is 0 Å². The maximum absolute atomic E-state index is 12.2. The van der Waals surface area contributed by atoms with Crippen molar-refractivity contribution in [2.75, 3.05) is 27.3 Å². The smallest absolute Gasteiger partial charge is 0.389 e. The molecule has 2 rings (SSSR count). The van der Waals surface area contributed by atoms with Crippen molar-refractivity contribution >= 4 is 5.91 Å². The monoisotopic (exact) mass is 345 g/mol. The lowest BCUT2D eigenvalue weighted by atomic mass is 9.98. The highest BCUT2D eigenvalue weighted by atomic mass is 19.4. The van der Waals surface area contributed by atoms with Crippen molar-refractivity contribution < 1.29 is 27.4 Å². The van der Waals surface area contributed by atoms with Gasteiger partial charge in [0.1, 0.15) is 0 Å². The summed E-state index contributed by atoms with van der Waals surface area (Å²) in [6, 6.07) is 5.66. The van der Waals surface area contributed by atoms with Crippen LogP contribution in [0.3, 0.4) is 0 Å². The number of hydrogen-bond donors (Lipinski definition) is 0. The molecule has 4 nitrogen and oxygen atoms in total. The number of rotatable bonds is 6. The van der Waals surface area contributed by atoms with Gasteiger partial charge < -0.3 is 14.4 Å². The van der Waals surface area contributed by atoms with E-state index in [1.807, 2.05) is 18.2 Å². The Balaban J connectivity index is 1.88. The summed E-state index contributed by atoms with van der Waals surface area (Å²) in [6.45, 7) is 1.03. The number of hydrogen-bond acceptors (Lipinski definition) is 3. The predicted octanol–water partition coefficient (Wildman–Crippen LogP) is 3.44. The average Bonchev–Trinajstić information content (AvgIpc) is 3.00. The quantitative estimate of drug-likeness (QED) is 0.793. The van der Waals surface area contributed by atoms with Gasteiger partial charge in [0.15, 0.2) is 11.5 Å². The van der Waals surface area contributed by atoms with Crippen LogP contribution in [0.4, 0.5) is 13.2 Å². The van der Waals surface area contributed by atoms with Crippen LogP contribution in [0.25, 0.3) is 0 Å². The molecule has 1 amide bonds. The van der Waals surface area contributed by atoms with Crippen molar-refractivity contribution in [1.82, 2.24) is 4.90 Å². The second kappa shape index (κ2) is 7.77. The van der Waals surface area contributed by atoms with Gasteiger partial charge in [-0.1, -0.05) is 6.07 Å². The lowest BCUT2D eigenvalue weighted by Crippen LogP contribution is -2.29. The van der Waals surface area contributed by atoms with E-state index < -0.39 is 24.9 Å². The first kappa shape index (κ1) is 18.4. The molecule has 1 aromatic rings. The van der Waals surface area contributed by atoms with E-state index in [2.05, 4.69) is 0 Å². The van der Waals surface area contributed by atoms with Crippen LogP contribution >= 0.6 is 0 Å². The maximum atomic E-state index is 12.2. The highest BCUT2D eigenvalue weighted by Crippen LogP contribution is 2.30. The molecule has 0 aliphatic carbocycles. The van der Waals surface area contributed by atoms with Gasteiger partial charge in [-0.2, -0.15) is 13.2 Å². The minimum Gasteiger partial charge on any atom is -0.493 e. The van der Waals surface area contributed by atoms with Gasteiger partial charge in [0.2, 0.25) is 5.91 Å². The minimum atomic E-state index is -4.28.